The summed E-state index contributed by atoms with van der Waals surface area (Å²) in [5, 5.41) is 25.8. The minimum Gasteiger partial charge on any atom is -0.393 e. The fourth-order valence-corrected chi connectivity index (χ4v) is 3.30. The van der Waals surface area contributed by atoms with Gasteiger partial charge in [-0.25, -0.2) is 13.6 Å². The SMILES string of the molecule is CN(c1ccc(S(N)(=O)=O)cc1[N+](=O)[O-])C1CCC(O)CC1. The number of anilines is 1. The molecule has 0 unspecified atom stereocenters. The van der Waals surface area contributed by atoms with Gasteiger partial charge in [0.15, 0.2) is 0 Å². The van der Waals surface area contributed by atoms with Gasteiger partial charge in [0.1, 0.15) is 5.69 Å². The Labute approximate surface area is 128 Å². The lowest BCUT2D eigenvalue weighted by atomic mass is 9.92. The van der Waals surface area contributed by atoms with E-state index in [-0.39, 0.29) is 22.7 Å². The van der Waals surface area contributed by atoms with Gasteiger partial charge in [0.2, 0.25) is 10.0 Å². The molecule has 0 aromatic heterocycles. The Morgan fingerprint density at radius 2 is 1.91 bits per heavy atom. The van der Waals surface area contributed by atoms with Crippen LogP contribution in [0.5, 0.6) is 0 Å². The van der Waals surface area contributed by atoms with E-state index in [1.807, 2.05) is 0 Å². The first-order valence-electron chi connectivity index (χ1n) is 6.92. The monoisotopic (exact) mass is 329 g/mol. The minimum absolute atomic E-state index is 0.0717. The molecular formula is C13H19N3O5S. The van der Waals surface area contributed by atoms with E-state index in [2.05, 4.69) is 0 Å². The van der Waals surface area contributed by atoms with Gasteiger partial charge < -0.3 is 10.0 Å². The van der Waals surface area contributed by atoms with Gasteiger partial charge in [0, 0.05) is 19.2 Å². The van der Waals surface area contributed by atoms with E-state index >= 15 is 0 Å². The Morgan fingerprint density at radius 1 is 1.32 bits per heavy atom. The van der Waals surface area contributed by atoms with Crippen molar-refractivity contribution in [3.05, 3.63) is 28.3 Å². The van der Waals surface area contributed by atoms with Crippen molar-refractivity contribution < 1.29 is 18.4 Å². The minimum atomic E-state index is -3.99. The summed E-state index contributed by atoms with van der Waals surface area (Å²) in [7, 11) is -2.25. The first-order chi connectivity index (χ1) is 10.2. The zero-order valence-electron chi connectivity index (χ0n) is 12.2. The van der Waals surface area contributed by atoms with Crippen LogP contribution < -0.4 is 10.0 Å². The van der Waals surface area contributed by atoms with E-state index in [4.69, 9.17) is 5.14 Å². The van der Waals surface area contributed by atoms with Gasteiger partial charge in [-0.05, 0) is 37.8 Å². The molecule has 0 aliphatic heterocycles. The molecule has 0 atom stereocenters. The number of nitro groups is 1. The topological polar surface area (TPSA) is 127 Å². The van der Waals surface area contributed by atoms with Crippen molar-refractivity contribution in [3.8, 4) is 0 Å². The first kappa shape index (κ1) is 16.7. The number of primary sulfonamides is 1. The van der Waals surface area contributed by atoms with E-state index in [1.54, 1.807) is 11.9 Å². The molecule has 0 heterocycles. The third-order valence-corrected chi connectivity index (χ3v) is 4.98. The van der Waals surface area contributed by atoms with Crippen LogP contribution in [0.3, 0.4) is 0 Å². The molecule has 1 aliphatic rings. The summed E-state index contributed by atoms with van der Waals surface area (Å²) < 4.78 is 22.7. The van der Waals surface area contributed by atoms with Crippen LogP contribution >= 0.6 is 0 Å². The molecule has 0 radical (unpaired) electrons. The van der Waals surface area contributed by atoms with Crippen LogP contribution in [0.15, 0.2) is 23.1 Å². The number of hydrogen-bond donors (Lipinski definition) is 2. The Kier molecular flexibility index (Phi) is 4.69. The average molecular weight is 329 g/mol. The summed E-state index contributed by atoms with van der Waals surface area (Å²) in [6.07, 6.45) is 2.44. The highest BCUT2D eigenvalue weighted by Gasteiger charge is 2.28. The number of benzene rings is 1. The van der Waals surface area contributed by atoms with Crippen LogP contribution in [0.25, 0.3) is 0 Å². The van der Waals surface area contributed by atoms with Crippen LogP contribution in [0.4, 0.5) is 11.4 Å². The largest absolute Gasteiger partial charge is 0.393 e. The molecule has 1 aromatic carbocycles. The average Bonchev–Trinajstić information content (AvgIpc) is 2.45. The molecular weight excluding hydrogens is 310 g/mol. The maximum absolute atomic E-state index is 11.3. The molecule has 0 spiro atoms. The van der Waals surface area contributed by atoms with Crippen LogP contribution in [0, 0.1) is 10.1 Å². The summed E-state index contributed by atoms with van der Waals surface area (Å²) >= 11 is 0. The normalized spacial score (nSPS) is 22.3. The van der Waals surface area contributed by atoms with Gasteiger partial charge >= 0.3 is 0 Å². The van der Waals surface area contributed by atoms with Crippen molar-refractivity contribution in [1.29, 1.82) is 0 Å². The molecule has 1 fully saturated rings. The highest BCUT2D eigenvalue weighted by molar-refractivity contribution is 7.89. The summed E-state index contributed by atoms with van der Waals surface area (Å²) in [6, 6.07) is 3.73. The zero-order chi connectivity index (χ0) is 16.5. The number of aliphatic hydroxyl groups excluding tert-OH is 1. The molecule has 122 valence electrons. The first-order valence-corrected chi connectivity index (χ1v) is 8.47. The fourth-order valence-electron chi connectivity index (χ4n) is 2.77. The van der Waals surface area contributed by atoms with Gasteiger partial charge in [-0.3, -0.25) is 10.1 Å². The fraction of sp³-hybridized carbons (Fsp3) is 0.538. The van der Waals surface area contributed by atoms with Crippen LogP contribution in [0.2, 0.25) is 0 Å². The highest BCUT2D eigenvalue weighted by atomic mass is 32.2. The van der Waals surface area contributed by atoms with Crippen molar-refractivity contribution >= 4 is 21.4 Å². The summed E-state index contributed by atoms with van der Waals surface area (Å²) in [5.41, 5.74) is 0.0546. The molecule has 0 amide bonds. The van der Waals surface area contributed by atoms with Crippen molar-refractivity contribution in [3.63, 3.8) is 0 Å². The smallest absolute Gasteiger partial charge is 0.293 e. The predicted molar refractivity (Wildman–Crippen MR) is 81.1 cm³/mol. The third kappa shape index (κ3) is 3.54. The standard InChI is InChI=1S/C13H19N3O5S/c1-15(9-2-4-10(17)5-3-9)12-7-6-11(22(14,20)21)8-13(12)16(18)19/h6-10,17H,2-5H2,1H3,(H2,14,20,21). The van der Waals surface area contributed by atoms with E-state index in [9.17, 15) is 23.6 Å². The van der Waals surface area contributed by atoms with Crippen LogP contribution in [-0.4, -0.2) is 37.6 Å². The molecule has 1 aliphatic carbocycles. The Morgan fingerprint density at radius 3 is 2.41 bits per heavy atom. The molecule has 8 nitrogen and oxygen atoms in total. The van der Waals surface area contributed by atoms with E-state index in [1.165, 1.54) is 12.1 Å². The number of nitro benzene ring substituents is 1. The van der Waals surface area contributed by atoms with Crippen LogP contribution in [-0.2, 0) is 10.0 Å². The lowest BCUT2D eigenvalue weighted by Crippen LogP contribution is -2.36. The summed E-state index contributed by atoms with van der Waals surface area (Å²) in [6.45, 7) is 0. The van der Waals surface area contributed by atoms with Gasteiger partial charge in [-0.1, -0.05) is 0 Å². The second kappa shape index (κ2) is 6.19. The van der Waals surface area contributed by atoms with E-state index < -0.39 is 14.9 Å². The second-order valence-electron chi connectivity index (χ2n) is 5.53. The van der Waals surface area contributed by atoms with Gasteiger partial charge in [-0.15, -0.1) is 0 Å². The molecule has 22 heavy (non-hydrogen) atoms. The lowest BCUT2D eigenvalue weighted by molar-refractivity contribution is -0.384. The molecule has 1 saturated carbocycles. The molecule has 3 N–H and O–H groups in total. The van der Waals surface area contributed by atoms with E-state index in [0.717, 1.165) is 18.9 Å². The van der Waals surface area contributed by atoms with Gasteiger partial charge in [0.25, 0.3) is 5.69 Å². The number of sulfonamides is 1. The summed E-state index contributed by atoms with van der Waals surface area (Å²) in [4.78, 5) is 12.1. The number of nitrogens with two attached hydrogens (primary N) is 1. The lowest BCUT2D eigenvalue weighted by Gasteiger charge is -2.34. The quantitative estimate of drug-likeness (QED) is 0.626. The van der Waals surface area contributed by atoms with Crippen molar-refractivity contribution in [2.24, 2.45) is 5.14 Å². The number of nitrogens with zero attached hydrogens (tertiary/aromatic N) is 2. The second-order valence-corrected chi connectivity index (χ2v) is 7.09. The van der Waals surface area contributed by atoms with Crippen molar-refractivity contribution in [2.45, 2.75) is 42.7 Å². The Hall–Kier alpha value is -1.71. The molecule has 0 saturated heterocycles. The Balaban J connectivity index is 2.36. The number of rotatable bonds is 4. The summed E-state index contributed by atoms with van der Waals surface area (Å²) in [5.74, 6) is 0. The highest BCUT2D eigenvalue weighted by Crippen LogP contribution is 2.34. The van der Waals surface area contributed by atoms with Crippen molar-refractivity contribution in [1.82, 2.24) is 0 Å². The molecule has 9 heteroatoms. The van der Waals surface area contributed by atoms with Crippen molar-refractivity contribution in [2.75, 3.05) is 11.9 Å². The van der Waals surface area contributed by atoms with Gasteiger partial charge in [0.05, 0.1) is 15.9 Å². The Bertz CT molecular complexity index is 668. The predicted octanol–water partition coefficient (Wildman–Crippen LogP) is 0.982. The maximum atomic E-state index is 11.3. The molecule has 1 aromatic rings. The molecule has 0 bridgehead atoms. The van der Waals surface area contributed by atoms with Crippen LogP contribution in [0.1, 0.15) is 25.7 Å². The number of hydrogen-bond acceptors (Lipinski definition) is 6. The zero-order valence-corrected chi connectivity index (χ0v) is 13.0. The molecule has 2 rings (SSSR count). The third-order valence-electron chi connectivity index (χ3n) is 4.07. The number of aliphatic hydroxyl groups is 1. The van der Waals surface area contributed by atoms with E-state index in [0.29, 0.717) is 18.5 Å². The maximum Gasteiger partial charge on any atom is 0.293 e. The van der Waals surface area contributed by atoms with Gasteiger partial charge in [-0.2, -0.15) is 0 Å².